The maximum absolute atomic E-state index is 14.4. The Kier molecular flexibility index (Phi) is 54.5. The van der Waals surface area contributed by atoms with Crippen LogP contribution in [0.4, 0.5) is 0 Å². The van der Waals surface area contributed by atoms with Crippen LogP contribution in [0.3, 0.4) is 0 Å². The summed E-state index contributed by atoms with van der Waals surface area (Å²) in [5, 5.41) is 75.6. The summed E-state index contributed by atoms with van der Waals surface area (Å²) in [5.41, 5.74) is 24.3. The first kappa shape index (κ1) is 114. The lowest BCUT2D eigenvalue weighted by atomic mass is 9.98. The van der Waals surface area contributed by atoms with Crippen LogP contribution >= 0.6 is 0 Å². The van der Waals surface area contributed by atoms with Crippen molar-refractivity contribution >= 4 is 111 Å². The maximum Gasteiger partial charge on any atom is 0.246 e. The lowest BCUT2D eigenvalue weighted by Crippen LogP contribution is -2.61. The molecule has 0 saturated carbocycles. The van der Waals surface area contributed by atoms with Crippen molar-refractivity contribution in [2.75, 3.05) is 79.4 Å². The van der Waals surface area contributed by atoms with E-state index in [4.69, 9.17) is 32.4 Å². The molecule has 2 aliphatic heterocycles. The molecule has 14 amide bonds. The van der Waals surface area contributed by atoms with Crippen molar-refractivity contribution in [3.63, 3.8) is 0 Å². The molecule has 6 rings (SSSR count). The third kappa shape index (κ3) is 44.8. The Bertz CT molecular complexity index is 4390. The molecule has 750 valence electrons. The van der Waals surface area contributed by atoms with E-state index < -0.39 is 183 Å². The molecule has 2 aromatic carbocycles. The quantitative estimate of drug-likeness (QED) is 0.0136. The van der Waals surface area contributed by atoms with Crippen LogP contribution in [0.1, 0.15) is 224 Å². The molecule has 2 aromatic heterocycles. The number of likely N-dealkylation sites (N-methyl/N-ethyl adjacent to an activating group) is 1. The molecule has 4 heterocycles. The van der Waals surface area contributed by atoms with E-state index >= 15 is 0 Å². The smallest absolute Gasteiger partial charge is 0.246 e. The number of fused-ring (bicyclic) bond motifs is 2. The van der Waals surface area contributed by atoms with E-state index in [9.17, 15) is 92.0 Å². The standard InChI is InChI=1S/C46H84N14O13.C45H61N9O8/c1-3-4-18-32(42(67)49-2)53-46(71)36(30-62)56-44(69)34(27-47)55-43(68)33(21-22-37(48)63)54-45(70)35(29-61)52-40(65)28-51-41(66)31-73-26-25-72-24-23-50-39(64)20-17-15-13-11-9-7-5-6-8-10-12-14-16-19-38-57-59-60-58-38;1-27-19-20-31(56)14-7-4-8-16-34(28(2)55)50-42(60)38(23-30-25-49-35-17-10-9-15-33(30)35)52-40(58)36(18-11-21-48-45(46)47)51-41(59)37(22-29-12-5-3-6-13-29)53-43(61)39-24-32(57)26-54(39)44(27)62/h32-36,61-62H,3-31,47H2,1-2H3,(H2,48,63)(H,49,67)(H,50,64)(H,51,66)(H,52,65)(H,53,71)(H,54,70)(H,55,68)(H,56,69)(H,57,58,59,60);3,5-6,9-10,12-13,15,17,25,27,32,34,36-39,49,57H,4,7-8,11,14,16,18-24,26H2,1-2H3,(H,50,60)(H,51,59)(H,52,58)(H,53,61)(H4,46,47,48)/t32-,33-,34-,35-,36-;27-,32+,34-,36-,37+,38-,39-/m00/s1. The van der Waals surface area contributed by atoms with Crippen LogP contribution in [0.25, 0.3) is 10.9 Å². The van der Waals surface area contributed by atoms with Crippen LogP contribution in [0, 0.1) is 5.92 Å². The van der Waals surface area contributed by atoms with E-state index in [1.807, 2.05) is 31.2 Å². The highest BCUT2D eigenvalue weighted by molar-refractivity contribution is 6.00. The first-order valence-electron chi connectivity index (χ1n) is 47.1. The van der Waals surface area contributed by atoms with Gasteiger partial charge in [0.2, 0.25) is 82.7 Å². The van der Waals surface area contributed by atoms with Gasteiger partial charge < -0.3 is 121 Å². The van der Waals surface area contributed by atoms with Crippen LogP contribution < -0.4 is 86.7 Å². The number of H-pyrrole nitrogens is 2. The number of carbonyl (C=O) groups is 16. The number of aromatic nitrogens is 5. The minimum absolute atomic E-state index is 0.0144. The van der Waals surface area contributed by atoms with E-state index in [1.165, 1.54) is 76.7 Å². The zero-order chi connectivity index (χ0) is 98.8. The van der Waals surface area contributed by atoms with Gasteiger partial charge in [0.15, 0.2) is 17.6 Å². The molecule has 25 N–H and O–H groups in total. The molecule has 4 aromatic rings. The first-order chi connectivity index (χ1) is 64.9. The highest BCUT2D eigenvalue weighted by Crippen LogP contribution is 2.25. The molecule has 0 aliphatic carbocycles. The lowest BCUT2D eigenvalue weighted by Gasteiger charge is -2.29. The number of aryl methyl sites for hydroxylation is 1. The molecule has 135 heavy (non-hydrogen) atoms. The molecule has 2 aliphatic rings. The van der Waals surface area contributed by atoms with Crippen LogP contribution in [-0.4, -0.2) is 292 Å². The van der Waals surface area contributed by atoms with Gasteiger partial charge in [-0.05, 0) is 81.9 Å². The highest BCUT2D eigenvalue weighted by Gasteiger charge is 2.43. The van der Waals surface area contributed by atoms with Crippen LogP contribution in [0.5, 0.6) is 0 Å². The topological polar surface area (TPSA) is 687 Å². The number of aromatic amines is 2. The second-order valence-corrected chi connectivity index (χ2v) is 34.0. The van der Waals surface area contributed by atoms with Crippen molar-refractivity contribution in [3.8, 4) is 0 Å². The summed E-state index contributed by atoms with van der Waals surface area (Å²) in [7, 11) is 1.39. The number of amides is 14. The van der Waals surface area contributed by atoms with Crippen LogP contribution in [-0.2, 0) is 105 Å². The summed E-state index contributed by atoms with van der Waals surface area (Å²) in [6, 6.07) is 3.60. The number of ketones is 2. The summed E-state index contributed by atoms with van der Waals surface area (Å²) >= 11 is 0. The van der Waals surface area contributed by atoms with E-state index in [0.717, 1.165) is 60.8 Å². The minimum Gasteiger partial charge on any atom is -0.394 e. The number of primary amides is 1. The summed E-state index contributed by atoms with van der Waals surface area (Å²) in [5.74, 6) is -10.3. The van der Waals surface area contributed by atoms with Gasteiger partial charge in [-0.15, -0.1) is 10.2 Å². The van der Waals surface area contributed by atoms with E-state index in [1.54, 1.807) is 43.5 Å². The summed E-state index contributed by atoms with van der Waals surface area (Å²) in [6.45, 7) is 2.38. The third-order valence-electron chi connectivity index (χ3n) is 23.0. The Labute approximate surface area is 787 Å². The number of aliphatic hydroxyl groups is 3. The molecule has 2 saturated heterocycles. The molecular formula is C91H145N23O21. The number of para-hydroxylation sites is 1. The van der Waals surface area contributed by atoms with Gasteiger partial charge >= 0.3 is 0 Å². The number of aliphatic hydroxyl groups excluding tert-OH is 3. The third-order valence-corrected chi connectivity index (χ3v) is 23.0. The number of guanidine groups is 1. The Balaban J connectivity index is 0.000000482. The Morgan fingerprint density at radius 1 is 0.593 bits per heavy atom. The largest absolute Gasteiger partial charge is 0.394 e. The van der Waals surface area contributed by atoms with Crippen molar-refractivity contribution in [1.29, 1.82) is 0 Å². The fraction of sp³-hybridized carbons (Fsp3) is 0.648. The average Bonchev–Trinajstić information content (AvgIpc) is 1.70. The van der Waals surface area contributed by atoms with Crippen LogP contribution in [0.2, 0.25) is 0 Å². The number of nitrogens with two attached hydrogens (primary N) is 4. The SMILES string of the molecule is CC(=O)[C@@H]1CCCCCC(=O)CC[C@H](C)C(=O)N2C[C@H](O)C[C@H]2C(=O)N[C@H](Cc2ccccc2)C(=O)N[C@@H](CCCN=C(N)N)C(=O)N[C@@H](Cc2c[nH]c3ccccc23)C(=O)N1.CCCC[C@H](NC(=O)[C@H](CO)NC(=O)[C@H](CN)NC(=O)[C@H](CCC(N)=O)NC(=O)[C@H](CO)NC(=O)CNC(=O)COCCOCCNC(=O)CCCCCCCCCCCCCCCc1nn[nH]n1)C(=O)NC. The lowest BCUT2D eigenvalue weighted by molar-refractivity contribution is -0.142. The Hall–Kier alpha value is -12.0. The molecule has 0 radical (unpaired) electrons. The van der Waals surface area contributed by atoms with Crippen LogP contribution in [0.15, 0.2) is 65.8 Å². The molecule has 2 fully saturated rings. The number of hydrogen-bond donors (Lipinski definition) is 21. The zero-order valence-electron chi connectivity index (χ0n) is 78.3. The molecule has 0 bridgehead atoms. The van der Waals surface area contributed by atoms with Gasteiger partial charge in [-0.2, -0.15) is 5.21 Å². The van der Waals surface area contributed by atoms with Gasteiger partial charge in [-0.3, -0.25) is 81.7 Å². The zero-order valence-corrected chi connectivity index (χ0v) is 78.3. The number of nitrogens with zero attached hydrogens (tertiary/aromatic N) is 5. The normalized spacial score (nSPS) is 18.8. The van der Waals surface area contributed by atoms with Crippen molar-refractivity contribution in [3.05, 3.63) is 77.7 Å². The van der Waals surface area contributed by atoms with Gasteiger partial charge in [-0.1, -0.05) is 164 Å². The molecule has 0 spiro atoms. The Morgan fingerprint density at radius 2 is 1.18 bits per heavy atom. The summed E-state index contributed by atoms with van der Waals surface area (Å²) < 4.78 is 10.7. The van der Waals surface area contributed by atoms with Gasteiger partial charge in [-0.25, -0.2) is 0 Å². The molecule has 12 atom stereocenters. The second kappa shape index (κ2) is 64.8. The summed E-state index contributed by atoms with van der Waals surface area (Å²) in [6.07, 6.45) is 21.2. The number of carbonyl (C=O) groups excluding carboxylic acids is 16. The predicted octanol–water partition coefficient (Wildman–Crippen LogP) is -1.52. The molecule has 44 nitrogen and oxygen atoms in total. The van der Waals surface area contributed by atoms with Gasteiger partial charge in [0.05, 0.1) is 51.7 Å². The van der Waals surface area contributed by atoms with Crippen molar-refractivity contribution < 1.29 is 102 Å². The van der Waals surface area contributed by atoms with Crippen molar-refractivity contribution in [2.24, 2.45) is 33.8 Å². The Morgan fingerprint density at radius 3 is 1.81 bits per heavy atom. The number of nitrogens with one attached hydrogen (secondary N) is 14. The van der Waals surface area contributed by atoms with Crippen molar-refractivity contribution in [2.45, 2.75) is 293 Å². The van der Waals surface area contributed by atoms with Crippen molar-refractivity contribution in [1.82, 2.24) is 94.3 Å². The van der Waals surface area contributed by atoms with Gasteiger partial charge in [0, 0.05) is 108 Å². The van der Waals surface area contributed by atoms with E-state index in [-0.39, 0.29) is 120 Å². The number of benzene rings is 2. The number of ether oxygens (including phenoxy) is 2. The van der Waals surface area contributed by atoms with E-state index in [0.29, 0.717) is 57.1 Å². The number of hydrogen-bond acceptors (Lipinski definition) is 26. The van der Waals surface area contributed by atoms with Gasteiger partial charge in [0.1, 0.15) is 66.8 Å². The second-order valence-electron chi connectivity index (χ2n) is 34.0. The monoisotopic (exact) mass is 1900 g/mol. The fourth-order valence-corrected chi connectivity index (χ4v) is 15.2. The van der Waals surface area contributed by atoms with Gasteiger partial charge in [0.25, 0.3) is 0 Å². The molecular weight excluding hydrogens is 1750 g/mol. The fourth-order valence-electron chi connectivity index (χ4n) is 15.2. The minimum atomic E-state index is -1.64. The van der Waals surface area contributed by atoms with E-state index in [2.05, 4.69) is 94.4 Å². The molecule has 0 unspecified atom stereocenters. The average molecular weight is 1900 g/mol. The summed E-state index contributed by atoms with van der Waals surface area (Å²) in [4.78, 5) is 218. The predicted molar refractivity (Wildman–Crippen MR) is 498 cm³/mol. The molecule has 44 heteroatoms. The number of aliphatic imine (C=N–C) groups is 1. The highest BCUT2D eigenvalue weighted by atomic mass is 16.5. The maximum atomic E-state index is 14.4. The number of unbranched alkanes of at least 4 members (excludes halogenated alkanes) is 13. The number of Topliss-reactive ketones (excluding diaryl/α,β-unsaturated/α-hetero) is 2. The number of tetrazole rings is 1. The number of rotatable bonds is 54. The first-order valence-corrected chi connectivity index (χ1v) is 47.1.